The van der Waals surface area contributed by atoms with Crippen molar-refractivity contribution < 1.29 is 9.13 Å². The molecule has 0 radical (unpaired) electrons. The van der Waals surface area contributed by atoms with E-state index in [0.29, 0.717) is 31.3 Å². The van der Waals surface area contributed by atoms with E-state index in [9.17, 15) is 9.18 Å². The molecule has 5 rings (SSSR count). The number of halogens is 1. The zero-order valence-corrected chi connectivity index (χ0v) is 20.2. The first-order valence-corrected chi connectivity index (χ1v) is 12.3. The van der Waals surface area contributed by atoms with Crippen LogP contribution in [0.2, 0.25) is 0 Å². The lowest BCUT2D eigenvalue weighted by atomic mass is 10.1. The van der Waals surface area contributed by atoms with E-state index in [1.165, 1.54) is 12.1 Å². The van der Waals surface area contributed by atoms with Gasteiger partial charge in [-0.3, -0.25) is 24.1 Å². The van der Waals surface area contributed by atoms with Gasteiger partial charge in [-0.25, -0.2) is 9.37 Å². The van der Waals surface area contributed by atoms with Crippen molar-refractivity contribution in [3.8, 4) is 0 Å². The summed E-state index contributed by atoms with van der Waals surface area (Å²) in [6.45, 7) is 8.36. The summed E-state index contributed by atoms with van der Waals surface area (Å²) in [4.78, 5) is 25.3. The summed E-state index contributed by atoms with van der Waals surface area (Å²) in [7, 11) is 0. The minimum absolute atomic E-state index is 0.0126. The second-order valence-electron chi connectivity index (χ2n) is 9.26. The standard InChI is InChI=1S/C27H32FN5O2/c1-21-25(18-22-6-3-2-4-7-22)26(34)33-20-31(13-5-12-30-14-16-35-17-15-30)19-32(27(33)29-21)24-10-8-23(28)9-11-24/h2-4,6-11H,5,12-20H2,1H3. The van der Waals surface area contributed by atoms with Gasteiger partial charge in [-0.15, -0.1) is 0 Å². The van der Waals surface area contributed by atoms with E-state index < -0.39 is 0 Å². The molecule has 0 unspecified atom stereocenters. The lowest BCUT2D eigenvalue weighted by Gasteiger charge is -2.39. The highest BCUT2D eigenvalue weighted by Crippen LogP contribution is 2.28. The first kappa shape index (κ1) is 23.7. The highest BCUT2D eigenvalue weighted by atomic mass is 19.1. The Labute approximate surface area is 205 Å². The molecular weight excluding hydrogens is 445 g/mol. The molecular formula is C27H32FN5O2. The number of hydrogen-bond donors (Lipinski definition) is 0. The van der Waals surface area contributed by atoms with Crippen molar-refractivity contribution in [1.29, 1.82) is 0 Å². The Bertz CT molecular complexity index is 1190. The third-order valence-electron chi connectivity index (χ3n) is 6.79. The molecule has 0 bridgehead atoms. The molecule has 1 aromatic heterocycles. The number of nitrogens with zero attached hydrogens (tertiary/aromatic N) is 5. The minimum Gasteiger partial charge on any atom is -0.379 e. The topological polar surface area (TPSA) is 53.8 Å². The summed E-state index contributed by atoms with van der Waals surface area (Å²) in [5.41, 5.74) is 3.34. The predicted octanol–water partition coefficient (Wildman–Crippen LogP) is 3.37. The van der Waals surface area contributed by atoms with E-state index in [0.717, 1.165) is 62.8 Å². The molecule has 0 N–H and O–H groups in total. The van der Waals surface area contributed by atoms with E-state index >= 15 is 0 Å². The van der Waals surface area contributed by atoms with Gasteiger partial charge in [0.15, 0.2) is 0 Å². The molecule has 0 atom stereocenters. The second-order valence-corrected chi connectivity index (χ2v) is 9.26. The molecule has 2 aromatic carbocycles. The van der Waals surface area contributed by atoms with Crippen molar-refractivity contribution in [2.75, 3.05) is 51.0 Å². The lowest BCUT2D eigenvalue weighted by Crippen LogP contribution is -2.48. The van der Waals surface area contributed by atoms with Crippen LogP contribution in [0.25, 0.3) is 0 Å². The average molecular weight is 478 g/mol. The molecule has 0 aliphatic carbocycles. The van der Waals surface area contributed by atoms with Crippen LogP contribution < -0.4 is 10.5 Å². The van der Waals surface area contributed by atoms with Crippen LogP contribution >= 0.6 is 0 Å². The normalized spacial score (nSPS) is 16.9. The van der Waals surface area contributed by atoms with Gasteiger partial charge in [-0.1, -0.05) is 30.3 Å². The van der Waals surface area contributed by atoms with Crippen molar-refractivity contribution in [1.82, 2.24) is 19.4 Å². The Morgan fingerprint density at radius 1 is 0.943 bits per heavy atom. The van der Waals surface area contributed by atoms with Gasteiger partial charge >= 0.3 is 0 Å². The van der Waals surface area contributed by atoms with Crippen LogP contribution in [0.1, 0.15) is 23.2 Å². The Kier molecular flexibility index (Phi) is 7.22. The van der Waals surface area contributed by atoms with Crippen LogP contribution in [-0.2, 0) is 17.8 Å². The summed E-state index contributed by atoms with van der Waals surface area (Å²) in [6, 6.07) is 16.4. The third-order valence-corrected chi connectivity index (χ3v) is 6.79. The maximum absolute atomic E-state index is 13.7. The molecule has 1 fully saturated rings. The third kappa shape index (κ3) is 5.45. The molecule has 8 heteroatoms. The zero-order chi connectivity index (χ0) is 24.2. The van der Waals surface area contributed by atoms with Crippen molar-refractivity contribution in [3.05, 3.63) is 87.6 Å². The number of morpholine rings is 1. The summed E-state index contributed by atoms with van der Waals surface area (Å²) in [5.74, 6) is 0.327. The van der Waals surface area contributed by atoms with E-state index in [1.807, 2.05) is 42.2 Å². The molecule has 2 aliphatic heterocycles. The van der Waals surface area contributed by atoms with Crippen LogP contribution in [0.15, 0.2) is 59.4 Å². The Hall–Kier alpha value is -3.07. The SMILES string of the molecule is Cc1nc2n(c(=O)c1Cc1ccccc1)CN(CCCN1CCOCC1)CN2c1ccc(F)cc1. The van der Waals surface area contributed by atoms with Crippen LogP contribution in [0, 0.1) is 12.7 Å². The fraction of sp³-hybridized carbons (Fsp3) is 0.407. The van der Waals surface area contributed by atoms with Gasteiger partial charge in [0.1, 0.15) is 5.82 Å². The maximum Gasteiger partial charge on any atom is 0.259 e. The molecule has 2 aliphatic rings. The predicted molar refractivity (Wildman–Crippen MR) is 134 cm³/mol. The van der Waals surface area contributed by atoms with Crippen molar-refractivity contribution in [2.24, 2.45) is 0 Å². The molecule has 1 saturated heterocycles. The fourth-order valence-corrected chi connectivity index (χ4v) is 4.83. The van der Waals surface area contributed by atoms with Gasteiger partial charge in [-0.05, 0) is 49.7 Å². The first-order valence-electron chi connectivity index (χ1n) is 12.3. The van der Waals surface area contributed by atoms with Gasteiger partial charge in [-0.2, -0.15) is 0 Å². The summed E-state index contributed by atoms with van der Waals surface area (Å²) < 4.78 is 20.9. The Morgan fingerprint density at radius 3 is 2.40 bits per heavy atom. The Balaban J connectivity index is 1.43. The second kappa shape index (κ2) is 10.7. The monoisotopic (exact) mass is 477 g/mol. The maximum atomic E-state index is 13.7. The van der Waals surface area contributed by atoms with Crippen LogP contribution in [0.4, 0.5) is 16.0 Å². The van der Waals surface area contributed by atoms with E-state index in [2.05, 4.69) is 9.80 Å². The molecule has 3 heterocycles. The quantitative estimate of drug-likeness (QED) is 0.520. The summed E-state index contributed by atoms with van der Waals surface area (Å²) >= 11 is 0. The Morgan fingerprint density at radius 2 is 1.66 bits per heavy atom. The average Bonchev–Trinajstić information content (AvgIpc) is 2.88. The number of benzene rings is 2. The molecule has 184 valence electrons. The van der Waals surface area contributed by atoms with E-state index in [4.69, 9.17) is 9.72 Å². The van der Waals surface area contributed by atoms with Gasteiger partial charge in [0, 0.05) is 37.3 Å². The molecule has 3 aromatic rings. The number of fused-ring (bicyclic) bond motifs is 1. The number of ether oxygens (including phenoxy) is 1. The number of rotatable bonds is 7. The van der Waals surface area contributed by atoms with E-state index in [-0.39, 0.29) is 11.4 Å². The zero-order valence-electron chi connectivity index (χ0n) is 20.2. The van der Waals surface area contributed by atoms with Gasteiger partial charge in [0.05, 0.1) is 32.2 Å². The lowest BCUT2D eigenvalue weighted by molar-refractivity contribution is 0.0354. The number of anilines is 2. The van der Waals surface area contributed by atoms with Crippen molar-refractivity contribution in [3.63, 3.8) is 0 Å². The highest BCUT2D eigenvalue weighted by molar-refractivity contribution is 5.58. The minimum atomic E-state index is -0.284. The smallest absolute Gasteiger partial charge is 0.259 e. The summed E-state index contributed by atoms with van der Waals surface area (Å²) in [5, 5.41) is 0. The van der Waals surface area contributed by atoms with E-state index in [1.54, 1.807) is 16.7 Å². The van der Waals surface area contributed by atoms with Gasteiger partial charge in [0.2, 0.25) is 5.95 Å². The molecule has 35 heavy (non-hydrogen) atoms. The first-order chi connectivity index (χ1) is 17.1. The summed E-state index contributed by atoms with van der Waals surface area (Å²) in [6.07, 6.45) is 1.55. The van der Waals surface area contributed by atoms with Crippen LogP contribution in [0.3, 0.4) is 0 Å². The molecule has 0 saturated carbocycles. The van der Waals surface area contributed by atoms with Gasteiger partial charge < -0.3 is 4.74 Å². The molecule has 0 spiro atoms. The number of hydrogen-bond acceptors (Lipinski definition) is 6. The van der Waals surface area contributed by atoms with Crippen molar-refractivity contribution in [2.45, 2.75) is 26.4 Å². The fourth-order valence-electron chi connectivity index (χ4n) is 4.83. The number of aromatic nitrogens is 2. The number of aryl methyl sites for hydroxylation is 1. The van der Waals surface area contributed by atoms with Crippen LogP contribution in [0.5, 0.6) is 0 Å². The highest BCUT2D eigenvalue weighted by Gasteiger charge is 2.28. The van der Waals surface area contributed by atoms with Crippen molar-refractivity contribution >= 4 is 11.6 Å². The van der Waals surface area contributed by atoms with Crippen LogP contribution in [-0.4, -0.2) is 65.4 Å². The molecule has 7 nitrogen and oxygen atoms in total. The largest absolute Gasteiger partial charge is 0.379 e. The molecule has 0 amide bonds. The van der Waals surface area contributed by atoms with Gasteiger partial charge in [0.25, 0.3) is 5.56 Å².